The lowest BCUT2D eigenvalue weighted by molar-refractivity contribution is -0.0279. The van der Waals surface area contributed by atoms with Gasteiger partial charge in [-0.05, 0) is 18.4 Å². The van der Waals surface area contributed by atoms with Gasteiger partial charge in [0, 0.05) is 25.0 Å². The van der Waals surface area contributed by atoms with E-state index in [9.17, 15) is 5.11 Å². The normalized spacial score (nSPS) is 17.8. The van der Waals surface area contributed by atoms with Crippen LogP contribution in [-0.4, -0.2) is 34.0 Å². The maximum absolute atomic E-state index is 10.8. The molecule has 0 atom stereocenters. The number of rotatable bonds is 4. The molecule has 0 aliphatic carbocycles. The molecule has 7 heteroatoms. The van der Waals surface area contributed by atoms with E-state index in [0.717, 1.165) is 43.7 Å². The van der Waals surface area contributed by atoms with Gasteiger partial charge in [0.2, 0.25) is 0 Å². The number of hydrogen-bond acceptors (Lipinski definition) is 5. The van der Waals surface area contributed by atoms with Gasteiger partial charge in [0.1, 0.15) is 0 Å². The third kappa shape index (κ3) is 3.87. The summed E-state index contributed by atoms with van der Waals surface area (Å²) in [5.41, 5.74) is 6.55. The molecule has 1 aromatic carbocycles. The largest absolute Gasteiger partial charge is 0.385 e. The van der Waals surface area contributed by atoms with Gasteiger partial charge >= 0.3 is 0 Å². The fourth-order valence-electron chi connectivity index (χ4n) is 2.90. The van der Waals surface area contributed by atoms with Gasteiger partial charge in [-0.1, -0.05) is 30.3 Å². The summed E-state index contributed by atoms with van der Waals surface area (Å²) in [5.74, 6) is -0.100. The van der Waals surface area contributed by atoms with Crippen LogP contribution >= 0.6 is 11.3 Å². The van der Waals surface area contributed by atoms with Crippen molar-refractivity contribution in [3.63, 3.8) is 0 Å². The third-order valence-corrected chi connectivity index (χ3v) is 4.98. The van der Waals surface area contributed by atoms with E-state index in [1.54, 1.807) is 0 Å². The molecule has 0 bridgehead atoms. The number of aliphatic hydroxyl groups is 1. The van der Waals surface area contributed by atoms with Crippen LogP contribution in [0.1, 0.15) is 24.1 Å². The number of likely N-dealkylation sites (tertiary alicyclic amines) is 1. The van der Waals surface area contributed by atoms with Crippen LogP contribution < -0.4 is 11.1 Å². The van der Waals surface area contributed by atoms with E-state index in [1.807, 2.05) is 35.7 Å². The second kappa shape index (κ2) is 6.66. The van der Waals surface area contributed by atoms with Crippen LogP contribution in [0, 0.1) is 5.41 Å². The monoisotopic (exact) mass is 331 g/mol. The molecule has 5 N–H and O–H groups in total. The molecule has 0 amide bonds. The molecular formula is C16H21N5OS. The highest BCUT2D eigenvalue weighted by atomic mass is 32.1. The van der Waals surface area contributed by atoms with Gasteiger partial charge in [-0.2, -0.15) is 0 Å². The molecule has 2 heterocycles. The molecule has 122 valence electrons. The number of piperidine rings is 1. The Hall–Kier alpha value is -1.96. The topological polar surface area (TPSA) is 98.3 Å². The molecule has 3 rings (SSSR count). The Labute approximate surface area is 139 Å². The predicted octanol–water partition coefficient (Wildman–Crippen LogP) is 1.93. The molecular weight excluding hydrogens is 310 g/mol. The van der Waals surface area contributed by atoms with Crippen molar-refractivity contribution in [1.82, 2.24) is 9.88 Å². The summed E-state index contributed by atoms with van der Waals surface area (Å²) in [7, 11) is 0. The molecule has 1 aliphatic heterocycles. The summed E-state index contributed by atoms with van der Waals surface area (Å²) in [6.45, 7) is 2.41. The maximum Gasteiger partial charge on any atom is 0.192 e. The van der Waals surface area contributed by atoms with Gasteiger partial charge in [-0.3, -0.25) is 10.3 Å². The van der Waals surface area contributed by atoms with Crippen LogP contribution in [0.25, 0.3) is 0 Å². The zero-order chi connectivity index (χ0) is 16.3. The van der Waals surface area contributed by atoms with Crippen molar-refractivity contribution in [3.8, 4) is 0 Å². The number of benzene rings is 1. The fraction of sp³-hybridized carbons (Fsp3) is 0.375. The van der Waals surface area contributed by atoms with Gasteiger partial charge in [-0.15, -0.1) is 11.3 Å². The Bertz CT molecular complexity index is 664. The predicted molar refractivity (Wildman–Crippen MR) is 92.5 cm³/mol. The van der Waals surface area contributed by atoms with Crippen molar-refractivity contribution in [2.24, 2.45) is 5.73 Å². The molecule has 0 unspecified atom stereocenters. The van der Waals surface area contributed by atoms with Crippen molar-refractivity contribution >= 4 is 22.4 Å². The lowest BCUT2D eigenvalue weighted by Crippen LogP contribution is -2.42. The van der Waals surface area contributed by atoms with E-state index in [4.69, 9.17) is 11.1 Å². The molecule has 1 aromatic heterocycles. The van der Waals surface area contributed by atoms with Crippen molar-refractivity contribution in [1.29, 1.82) is 5.41 Å². The van der Waals surface area contributed by atoms with E-state index in [0.29, 0.717) is 5.13 Å². The summed E-state index contributed by atoms with van der Waals surface area (Å²) in [6, 6.07) is 9.90. The Balaban J connectivity index is 1.57. The molecule has 1 saturated heterocycles. The second-order valence-electron chi connectivity index (χ2n) is 5.86. The molecule has 0 radical (unpaired) electrons. The van der Waals surface area contributed by atoms with Gasteiger partial charge in [0.15, 0.2) is 11.1 Å². The number of thiazole rings is 1. The van der Waals surface area contributed by atoms with Crippen LogP contribution in [0.4, 0.5) is 5.13 Å². The highest BCUT2D eigenvalue weighted by Gasteiger charge is 2.33. The first-order valence-electron chi connectivity index (χ1n) is 7.61. The van der Waals surface area contributed by atoms with E-state index in [-0.39, 0.29) is 5.96 Å². The molecule has 6 nitrogen and oxygen atoms in total. The average molecular weight is 331 g/mol. The lowest BCUT2D eigenvalue weighted by Gasteiger charge is -2.38. The SMILES string of the molecule is N=C(N)Nc1nc(CN2CCC(O)(c3ccccc3)CC2)cs1. The number of anilines is 1. The van der Waals surface area contributed by atoms with E-state index >= 15 is 0 Å². The van der Waals surface area contributed by atoms with E-state index in [1.165, 1.54) is 11.3 Å². The summed E-state index contributed by atoms with van der Waals surface area (Å²) >= 11 is 1.44. The lowest BCUT2D eigenvalue weighted by atomic mass is 9.84. The highest BCUT2D eigenvalue weighted by molar-refractivity contribution is 7.13. The average Bonchev–Trinajstić information content (AvgIpc) is 2.97. The molecule has 1 aliphatic rings. The molecule has 2 aromatic rings. The minimum Gasteiger partial charge on any atom is -0.385 e. The van der Waals surface area contributed by atoms with Crippen molar-refractivity contribution in [2.75, 3.05) is 18.4 Å². The minimum absolute atomic E-state index is 0.100. The number of nitrogens with one attached hydrogen (secondary N) is 2. The third-order valence-electron chi connectivity index (χ3n) is 4.17. The first kappa shape index (κ1) is 15.9. The van der Waals surface area contributed by atoms with Crippen LogP contribution in [0.3, 0.4) is 0 Å². The Morgan fingerprint density at radius 3 is 2.70 bits per heavy atom. The molecule has 0 saturated carbocycles. The van der Waals surface area contributed by atoms with Gasteiger partial charge in [0.25, 0.3) is 0 Å². The number of hydrogen-bond donors (Lipinski definition) is 4. The number of nitrogens with zero attached hydrogens (tertiary/aromatic N) is 2. The molecule has 0 spiro atoms. The summed E-state index contributed by atoms with van der Waals surface area (Å²) in [6.07, 6.45) is 1.44. The first-order valence-corrected chi connectivity index (χ1v) is 8.49. The Morgan fingerprint density at radius 2 is 2.04 bits per heavy atom. The van der Waals surface area contributed by atoms with Crippen LogP contribution in [0.5, 0.6) is 0 Å². The summed E-state index contributed by atoms with van der Waals surface area (Å²) in [5, 5.41) is 23.4. The standard InChI is InChI=1S/C16H21N5OS/c17-14(18)20-15-19-13(11-23-15)10-21-8-6-16(22,7-9-21)12-4-2-1-3-5-12/h1-5,11,22H,6-10H2,(H4,17,18,19,20). The zero-order valence-electron chi connectivity index (χ0n) is 12.8. The minimum atomic E-state index is -0.721. The second-order valence-corrected chi connectivity index (χ2v) is 6.71. The number of nitrogens with two attached hydrogens (primary N) is 1. The van der Waals surface area contributed by atoms with Gasteiger partial charge < -0.3 is 16.2 Å². The summed E-state index contributed by atoms with van der Waals surface area (Å²) in [4.78, 5) is 6.72. The Kier molecular flexibility index (Phi) is 4.61. The first-order chi connectivity index (χ1) is 11.0. The molecule has 23 heavy (non-hydrogen) atoms. The van der Waals surface area contributed by atoms with Gasteiger partial charge in [-0.25, -0.2) is 4.98 Å². The molecule has 1 fully saturated rings. The number of guanidine groups is 1. The maximum atomic E-state index is 10.8. The number of aromatic nitrogens is 1. The van der Waals surface area contributed by atoms with Crippen molar-refractivity contribution < 1.29 is 5.11 Å². The quantitative estimate of drug-likeness (QED) is 0.507. The van der Waals surface area contributed by atoms with Crippen molar-refractivity contribution in [3.05, 3.63) is 47.0 Å². The van der Waals surface area contributed by atoms with Crippen LogP contribution in [0.15, 0.2) is 35.7 Å². The highest BCUT2D eigenvalue weighted by Crippen LogP contribution is 2.33. The van der Waals surface area contributed by atoms with Crippen molar-refractivity contribution in [2.45, 2.75) is 25.0 Å². The van der Waals surface area contributed by atoms with Gasteiger partial charge in [0.05, 0.1) is 11.3 Å². The van der Waals surface area contributed by atoms with Crippen LogP contribution in [-0.2, 0) is 12.1 Å². The van der Waals surface area contributed by atoms with E-state index in [2.05, 4.69) is 15.2 Å². The fourth-order valence-corrected chi connectivity index (χ4v) is 3.61. The smallest absolute Gasteiger partial charge is 0.192 e. The zero-order valence-corrected chi connectivity index (χ0v) is 13.6. The van der Waals surface area contributed by atoms with E-state index < -0.39 is 5.60 Å². The van der Waals surface area contributed by atoms with Crippen LogP contribution in [0.2, 0.25) is 0 Å². The summed E-state index contributed by atoms with van der Waals surface area (Å²) < 4.78 is 0. The Morgan fingerprint density at radius 1 is 1.35 bits per heavy atom.